The molecule has 2 saturated heterocycles. The topological polar surface area (TPSA) is 46.6 Å². The highest BCUT2D eigenvalue weighted by molar-refractivity contribution is 7.91. The first-order valence-electron chi connectivity index (χ1n) is 8.13. The van der Waals surface area contributed by atoms with E-state index in [1.807, 2.05) is 12.1 Å². The van der Waals surface area contributed by atoms with Gasteiger partial charge >= 0.3 is 0 Å². The summed E-state index contributed by atoms with van der Waals surface area (Å²) >= 11 is 0. The number of likely N-dealkylation sites (tertiary alicyclic amines) is 1. The van der Waals surface area contributed by atoms with Gasteiger partial charge in [-0.25, -0.2) is 8.42 Å². The van der Waals surface area contributed by atoms with Crippen molar-refractivity contribution in [2.75, 3.05) is 31.7 Å². The van der Waals surface area contributed by atoms with Gasteiger partial charge in [-0.05, 0) is 55.8 Å². The van der Waals surface area contributed by atoms with Crippen LogP contribution in [-0.4, -0.2) is 51.1 Å². The zero-order chi connectivity index (χ0) is 15.6. The maximum Gasteiger partial charge on any atom is 0.150 e. The average Bonchev–Trinajstić information content (AvgIpc) is 2.96. The van der Waals surface area contributed by atoms with E-state index >= 15 is 0 Å². The molecule has 1 unspecified atom stereocenters. The Morgan fingerprint density at radius 2 is 1.82 bits per heavy atom. The van der Waals surface area contributed by atoms with E-state index in [-0.39, 0.29) is 0 Å². The minimum absolute atomic E-state index is 0.372. The predicted molar refractivity (Wildman–Crippen MR) is 88.1 cm³/mol. The summed E-state index contributed by atoms with van der Waals surface area (Å²) in [7, 11) is -1.06. The summed E-state index contributed by atoms with van der Waals surface area (Å²) in [5.41, 5.74) is 1.36. The summed E-state index contributed by atoms with van der Waals surface area (Å²) in [6.45, 7) is 2.22. The van der Waals surface area contributed by atoms with Gasteiger partial charge in [0.05, 0.1) is 18.6 Å². The van der Waals surface area contributed by atoms with Crippen molar-refractivity contribution < 1.29 is 13.2 Å². The number of ether oxygens (including phenoxy) is 1. The van der Waals surface area contributed by atoms with E-state index in [1.165, 1.54) is 12.0 Å². The minimum Gasteiger partial charge on any atom is -0.497 e. The molecule has 2 heterocycles. The van der Waals surface area contributed by atoms with Crippen LogP contribution in [0, 0.1) is 5.92 Å². The van der Waals surface area contributed by atoms with Crippen molar-refractivity contribution in [1.82, 2.24) is 4.90 Å². The fourth-order valence-corrected chi connectivity index (χ4v) is 5.17. The monoisotopic (exact) mass is 323 g/mol. The summed E-state index contributed by atoms with van der Waals surface area (Å²) in [5, 5.41) is 0. The molecule has 1 atom stereocenters. The van der Waals surface area contributed by atoms with Crippen molar-refractivity contribution in [2.45, 2.75) is 31.7 Å². The molecule has 0 saturated carbocycles. The first-order chi connectivity index (χ1) is 10.6. The molecule has 0 bridgehead atoms. The molecule has 3 rings (SSSR count). The third-order valence-electron chi connectivity index (χ3n) is 5.04. The second-order valence-electron chi connectivity index (χ2n) is 6.58. The average molecular weight is 323 g/mol. The van der Waals surface area contributed by atoms with Gasteiger partial charge in [-0.1, -0.05) is 12.1 Å². The van der Waals surface area contributed by atoms with Crippen LogP contribution in [-0.2, 0) is 16.3 Å². The van der Waals surface area contributed by atoms with Gasteiger partial charge < -0.3 is 9.64 Å². The van der Waals surface area contributed by atoms with Crippen molar-refractivity contribution in [1.29, 1.82) is 0 Å². The summed E-state index contributed by atoms with van der Waals surface area (Å²) < 4.78 is 28.3. The number of hydrogen-bond donors (Lipinski definition) is 0. The number of sulfone groups is 1. The van der Waals surface area contributed by atoms with Gasteiger partial charge in [0.15, 0.2) is 0 Å². The van der Waals surface area contributed by atoms with Gasteiger partial charge in [-0.15, -0.1) is 0 Å². The zero-order valence-corrected chi connectivity index (χ0v) is 14.0. The van der Waals surface area contributed by atoms with E-state index in [0.29, 0.717) is 23.5 Å². The van der Waals surface area contributed by atoms with E-state index in [2.05, 4.69) is 17.0 Å². The first-order valence-corrected chi connectivity index (χ1v) is 9.95. The summed E-state index contributed by atoms with van der Waals surface area (Å²) in [4.78, 5) is 2.52. The molecule has 1 aromatic rings. The summed E-state index contributed by atoms with van der Waals surface area (Å²) in [6, 6.07) is 8.82. The third kappa shape index (κ3) is 3.82. The van der Waals surface area contributed by atoms with Crippen LogP contribution in [0.4, 0.5) is 0 Å². The van der Waals surface area contributed by atoms with E-state index in [4.69, 9.17) is 4.74 Å². The van der Waals surface area contributed by atoms with Crippen LogP contribution < -0.4 is 4.74 Å². The lowest BCUT2D eigenvalue weighted by molar-refractivity contribution is 0.218. The minimum atomic E-state index is -2.75. The van der Waals surface area contributed by atoms with Crippen molar-refractivity contribution in [2.24, 2.45) is 5.92 Å². The van der Waals surface area contributed by atoms with Crippen LogP contribution in [0.25, 0.3) is 0 Å². The number of rotatable bonds is 4. The van der Waals surface area contributed by atoms with Crippen molar-refractivity contribution in [3.05, 3.63) is 29.8 Å². The molecular weight excluding hydrogens is 298 g/mol. The summed E-state index contributed by atoms with van der Waals surface area (Å²) in [6.07, 6.45) is 3.95. The second kappa shape index (κ2) is 6.59. The maximum absolute atomic E-state index is 11.5. The van der Waals surface area contributed by atoms with Crippen molar-refractivity contribution >= 4 is 9.84 Å². The Kier molecular flexibility index (Phi) is 4.73. The highest BCUT2D eigenvalue weighted by Gasteiger charge is 2.32. The first kappa shape index (κ1) is 15.8. The number of hydrogen-bond acceptors (Lipinski definition) is 4. The van der Waals surface area contributed by atoms with Crippen LogP contribution in [0.5, 0.6) is 5.75 Å². The fourth-order valence-electron chi connectivity index (χ4n) is 3.70. The maximum atomic E-state index is 11.5. The Labute approximate surface area is 133 Å². The van der Waals surface area contributed by atoms with Gasteiger partial charge in [-0.2, -0.15) is 0 Å². The SMILES string of the molecule is COc1ccc(CC2CCN(C3CCS(=O)(=O)CC3)C2)cc1. The molecule has 0 radical (unpaired) electrons. The Morgan fingerprint density at radius 3 is 2.45 bits per heavy atom. The van der Waals surface area contributed by atoms with E-state index in [9.17, 15) is 8.42 Å². The molecule has 2 aliphatic heterocycles. The highest BCUT2D eigenvalue weighted by atomic mass is 32.2. The predicted octanol–water partition coefficient (Wildman–Crippen LogP) is 2.14. The largest absolute Gasteiger partial charge is 0.497 e. The Morgan fingerprint density at radius 1 is 1.14 bits per heavy atom. The molecule has 0 spiro atoms. The van der Waals surface area contributed by atoms with Gasteiger partial charge in [0.2, 0.25) is 0 Å². The van der Waals surface area contributed by atoms with E-state index < -0.39 is 9.84 Å². The molecule has 0 N–H and O–H groups in total. The highest BCUT2D eigenvalue weighted by Crippen LogP contribution is 2.27. The second-order valence-corrected chi connectivity index (χ2v) is 8.89. The standard InChI is InChI=1S/C17H25NO3S/c1-21-17-4-2-14(3-5-17)12-15-6-9-18(13-15)16-7-10-22(19,20)11-8-16/h2-5,15-16H,6-13H2,1H3. The molecule has 4 nitrogen and oxygen atoms in total. The molecule has 0 amide bonds. The van der Waals surface area contributed by atoms with Crippen LogP contribution in [0.15, 0.2) is 24.3 Å². The molecule has 5 heteroatoms. The third-order valence-corrected chi connectivity index (χ3v) is 6.76. The molecule has 122 valence electrons. The molecule has 22 heavy (non-hydrogen) atoms. The van der Waals surface area contributed by atoms with Gasteiger partial charge in [-0.3, -0.25) is 0 Å². The Bertz CT molecular complexity index is 583. The molecule has 1 aromatic carbocycles. The van der Waals surface area contributed by atoms with E-state index in [1.54, 1.807) is 7.11 Å². The van der Waals surface area contributed by atoms with Crippen LogP contribution in [0.3, 0.4) is 0 Å². The number of methoxy groups -OCH3 is 1. The normalized spacial score (nSPS) is 26.1. The lowest BCUT2D eigenvalue weighted by Gasteiger charge is -2.31. The van der Waals surface area contributed by atoms with Crippen LogP contribution in [0.1, 0.15) is 24.8 Å². The van der Waals surface area contributed by atoms with Gasteiger partial charge in [0.25, 0.3) is 0 Å². The lowest BCUT2D eigenvalue weighted by Crippen LogP contribution is -2.40. The zero-order valence-electron chi connectivity index (χ0n) is 13.2. The molecular formula is C17H25NO3S. The number of benzene rings is 1. The lowest BCUT2D eigenvalue weighted by atomic mass is 9.98. The van der Waals surface area contributed by atoms with Crippen LogP contribution in [0.2, 0.25) is 0 Å². The van der Waals surface area contributed by atoms with Crippen molar-refractivity contribution in [3.63, 3.8) is 0 Å². The molecule has 2 aliphatic rings. The number of nitrogens with zero attached hydrogens (tertiary/aromatic N) is 1. The molecule has 0 aliphatic carbocycles. The molecule has 0 aromatic heterocycles. The van der Waals surface area contributed by atoms with Gasteiger partial charge in [0, 0.05) is 12.6 Å². The van der Waals surface area contributed by atoms with Crippen molar-refractivity contribution in [3.8, 4) is 5.75 Å². The van der Waals surface area contributed by atoms with E-state index in [0.717, 1.165) is 38.1 Å². The summed E-state index contributed by atoms with van der Waals surface area (Å²) in [5.74, 6) is 2.33. The smallest absolute Gasteiger partial charge is 0.150 e. The Balaban J connectivity index is 1.51. The van der Waals surface area contributed by atoms with Crippen LogP contribution >= 0.6 is 0 Å². The quantitative estimate of drug-likeness (QED) is 0.852. The molecule has 2 fully saturated rings. The Hall–Kier alpha value is -1.07. The fraction of sp³-hybridized carbons (Fsp3) is 0.647. The van der Waals surface area contributed by atoms with Gasteiger partial charge in [0.1, 0.15) is 15.6 Å².